The van der Waals surface area contributed by atoms with E-state index in [2.05, 4.69) is 15.9 Å². The van der Waals surface area contributed by atoms with Crippen molar-refractivity contribution in [2.24, 2.45) is 11.8 Å². The zero-order chi connectivity index (χ0) is 26.1. The number of imide groups is 1. The van der Waals surface area contributed by atoms with E-state index in [1.54, 1.807) is 60.7 Å². The van der Waals surface area contributed by atoms with Crippen molar-refractivity contribution in [3.63, 3.8) is 0 Å². The normalized spacial score (nSPS) is 23.5. The predicted octanol–water partition coefficient (Wildman–Crippen LogP) is 4.16. The fraction of sp³-hybridized carbons (Fsp3) is 0.214. The molecule has 1 spiro atoms. The van der Waals surface area contributed by atoms with Gasteiger partial charge in [0.15, 0.2) is 11.5 Å². The van der Waals surface area contributed by atoms with Crippen molar-refractivity contribution in [3.8, 4) is 11.5 Å². The molecule has 0 N–H and O–H groups in total. The van der Waals surface area contributed by atoms with Crippen LogP contribution in [0.5, 0.6) is 11.5 Å². The molecule has 2 aliphatic heterocycles. The number of hydrogen-bond donors (Lipinski definition) is 0. The number of benzene rings is 3. The third-order valence-electron chi connectivity index (χ3n) is 7.34. The van der Waals surface area contributed by atoms with Gasteiger partial charge in [0, 0.05) is 21.7 Å². The molecule has 3 atom stereocenters. The van der Waals surface area contributed by atoms with Crippen LogP contribution in [-0.4, -0.2) is 43.2 Å². The number of amides is 2. The standard InChI is InChI=1S/C28H20BrNO7/c1-35-19-12-11-16(13-20(19)36-2)30-26(33)21-22(27(30)34)28(37-23(21)14-7-9-15(29)10-8-14)24(31)17-5-3-4-6-18(17)25(28)32/h3-13,21-23H,1-2H3/t21-,22+,23+/m1/s1. The number of carbonyl (C=O) groups excluding carboxylic acids is 4. The minimum absolute atomic E-state index is 0.188. The van der Waals surface area contributed by atoms with E-state index in [9.17, 15) is 19.2 Å². The van der Waals surface area contributed by atoms with Gasteiger partial charge in [-0.3, -0.25) is 19.2 Å². The SMILES string of the molecule is COc1ccc(N2C(=O)[C@@H]3[C@@H](C2=O)C2(O[C@H]3c3ccc(Br)cc3)C(=O)c3ccccc3C2=O)cc1OC. The second-order valence-electron chi connectivity index (χ2n) is 9.08. The molecule has 2 saturated heterocycles. The Balaban J connectivity index is 1.52. The zero-order valence-electron chi connectivity index (χ0n) is 19.8. The molecule has 186 valence electrons. The molecule has 2 amide bonds. The summed E-state index contributed by atoms with van der Waals surface area (Å²) >= 11 is 3.40. The number of methoxy groups -OCH3 is 2. The van der Waals surface area contributed by atoms with Crippen molar-refractivity contribution in [3.05, 3.63) is 87.9 Å². The summed E-state index contributed by atoms with van der Waals surface area (Å²) in [7, 11) is 2.93. The van der Waals surface area contributed by atoms with Crippen molar-refractivity contribution < 1.29 is 33.4 Å². The number of hydrogen-bond acceptors (Lipinski definition) is 7. The van der Waals surface area contributed by atoms with Crippen LogP contribution in [0.25, 0.3) is 0 Å². The van der Waals surface area contributed by atoms with E-state index >= 15 is 0 Å². The third-order valence-corrected chi connectivity index (χ3v) is 7.87. The number of carbonyl (C=O) groups is 4. The Morgan fingerprint density at radius 3 is 2.03 bits per heavy atom. The molecule has 3 aliphatic rings. The van der Waals surface area contributed by atoms with E-state index in [1.165, 1.54) is 20.3 Å². The molecule has 3 aromatic carbocycles. The summed E-state index contributed by atoms with van der Waals surface area (Å²) < 4.78 is 17.7. The molecule has 0 bridgehead atoms. The summed E-state index contributed by atoms with van der Waals surface area (Å²) in [6, 6.07) is 18.1. The topological polar surface area (TPSA) is 99.2 Å². The van der Waals surface area contributed by atoms with Crippen LogP contribution >= 0.6 is 15.9 Å². The number of halogens is 1. The van der Waals surface area contributed by atoms with Crippen molar-refractivity contribution in [1.82, 2.24) is 0 Å². The maximum absolute atomic E-state index is 14.0. The van der Waals surface area contributed by atoms with E-state index in [0.29, 0.717) is 17.1 Å². The first kappa shape index (κ1) is 23.6. The second-order valence-corrected chi connectivity index (χ2v) is 10.00. The maximum Gasteiger partial charge on any atom is 0.241 e. The average molecular weight is 562 g/mol. The molecule has 0 unspecified atom stereocenters. The van der Waals surface area contributed by atoms with Crippen LogP contribution in [0.4, 0.5) is 5.69 Å². The highest BCUT2D eigenvalue weighted by atomic mass is 79.9. The second kappa shape index (κ2) is 8.36. The van der Waals surface area contributed by atoms with Gasteiger partial charge in [0.05, 0.1) is 37.8 Å². The first-order valence-electron chi connectivity index (χ1n) is 11.5. The highest BCUT2D eigenvalue weighted by Gasteiger charge is 2.74. The number of Topliss-reactive ketones (excluding diaryl/α,β-unsaturated/α-hetero) is 2. The van der Waals surface area contributed by atoms with E-state index in [0.717, 1.165) is 9.37 Å². The minimum atomic E-state index is -2.12. The Kier molecular flexibility index (Phi) is 5.32. The summed E-state index contributed by atoms with van der Waals surface area (Å²) in [6.45, 7) is 0. The number of anilines is 1. The van der Waals surface area contributed by atoms with E-state index in [1.807, 2.05) is 0 Å². The molecule has 2 heterocycles. The molecule has 0 radical (unpaired) electrons. The summed E-state index contributed by atoms with van der Waals surface area (Å²) in [5, 5.41) is 0. The van der Waals surface area contributed by atoms with Crippen molar-refractivity contribution in [2.75, 3.05) is 19.1 Å². The van der Waals surface area contributed by atoms with Gasteiger partial charge in [0.1, 0.15) is 0 Å². The molecule has 0 saturated carbocycles. The molecule has 0 aromatic heterocycles. The van der Waals surface area contributed by atoms with Crippen LogP contribution in [0.2, 0.25) is 0 Å². The number of fused-ring (bicyclic) bond motifs is 3. The van der Waals surface area contributed by atoms with Gasteiger partial charge in [0.2, 0.25) is 29.0 Å². The zero-order valence-corrected chi connectivity index (χ0v) is 21.4. The third kappa shape index (κ3) is 3.10. The molecule has 2 fully saturated rings. The Morgan fingerprint density at radius 2 is 1.43 bits per heavy atom. The average Bonchev–Trinajstić information content (AvgIpc) is 3.48. The Labute approximate surface area is 220 Å². The predicted molar refractivity (Wildman–Crippen MR) is 135 cm³/mol. The largest absolute Gasteiger partial charge is 0.493 e. The lowest BCUT2D eigenvalue weighted by atomic mass is 9.77. The van der Waals surface area contributed by atoms with Gasteiger partial charge < -0.3 is 14.2 Å². The first-order chi connectivity index (χ1) is 17.8. The van der Waals surface area contributed by atoms with Crippen molar-refractivity contribution >= 4 is 45.0 Å². The quantitative estimate of drug-likeness (QED) is 0.348. The molecular formula is C28H20BrNO7. The Bertz CT molecular complexity index is 1460. The summed E-state index contributed by atoms with van der Waals surface area (Å²) in [4.78, 5) is 56.6. The van der Waals surface area contributed by atoms with Gasteiger partial charge in [-0.2, -0.15) is 0 Å². The monoisotopic (exact) mass is 561 g/mol. The van der Waals surface area contributed by atoms with Crippen LogP contribution in [0, 0.1) is 11.8 Å². The lowest BCUT2D eigenvalue weighted by Crippen LogP contribution is -2.51. The van der Waals surface area contributed by atoms with Gasteiger partial charge in [-0.25, -0.2) is 4.90 Å². The molecule has 3 aromatic rings. The van der Waals surface area contributed by atoms with Gasteiger partial charge in [-0.1, -0.05) is 52.3 Å². The van der Waals surface area contributed by atoms with E-state index < -0.39 is 46.9 Å². The van der Waals surface area contributed by atoms with Gasteiger partial charge >= 0.3 is 0 Å². The van der Waals surface area contributed by atoms with Gasteiger partial charge in [-0.05, 0) is 29.8 Å². The first-order valence-corrected chi connectivity index (χ1v) is 12.3. The highest BCUT2D eigenvalue weighted by Crippen LogP contribution is 2.58. The van der Waals surface area contributed by atoms with Crippen LogP contribution in [-0.2, 0) is 14.3 Å². The Hall–Kier alpha value is -3.82. The molecule has 1 aliphatic carbocycles. The van der Waals surface area contributed by atoms with Crippen molar-refractivity contribution in [1.29, 1.82) is 0 Å². The Morgan fingerprint density at radius 1 is 0.811 bits per heavy atom. The number of ether oxygens (including phenoxy) is 3. The highest BCUT2D eigenvalue weighted by molar-refractivity contribution is 9.10. The number of rotatable bonds is 4. The fourth-order valence-corrected chi connectivity index (χ4v) is 5.95. The van der Waals surface area contributed by atoms with Crippen LogP contribution < -0.4 is 14.4 Å². The van der Waals surface area contributed by atoms with Gasteiger partial charge in [-0.15, -0.1) is 0 Å². The molecule has 8 nitrogen and oxygen atoms in total. The smallest absolute Gasteiger partial charge is 0.241 e. The number of nitrogens with zero attached hydrogens (tertiary/aromatic N) is 1. The molecule has 6 rings (SSSR count). The summed E-state index contributed by atoms with van der Waals surface area (Å²) in [6.07, 6.45) is -0.984. The van der Waals surface area contributed by atoms with E-state index in [4.69, 9.17) is 14.2 Å². The van der Waals surface area contributed by atoms with Crippen molar-refractivity contribution in [2.45, 2.75) is 11.7 Å². The molecule has 9 heteroatoms. The van der Waals surface area contributed by atoms with E-state index in [-0.39, 0.29) is 16.8 Å². The lowest BCUT2D eigenvalue weighted by molar-refractivity contribution is -0.127. The lowest BCUT2D eigenvalue weighted by Gasteiger charge is -2.27. The number of ketones is 2. The fourth-order valence-electron chi connectivity index (χ4n) is 5.69. The van der Waals surface area contributed by atoms with Crippen LogP contribution in [0.3, 0.4) is 0 Å². The summed E-state index contributed by atoms with van der Waals surface area (Å²) in [5.41, 5.74) is -0.909. The maximum atomic E-state index is 14.0. The van der Waals surface area contributed by atoms with Gasteiger partial charge in [0.25, 0.3) is 0 Å². The molecule has 37 heavy (non-hydrogen) atoms. The summed E-state index contributed by atoms with van der Waals surface area (Å²) in [5.74, 6) is -4.07. The minimum Gasteiger partial charge on any atom is -0.493 e. The molecular weight excluding hydrogens is 542 g/mol. The van der Waals surface area contributed by atoms with Crippen LogP contribution in [0.15, 0.2) is 71.2 Å². The van der Waals surface area contributed by atoms with Crippen LogP contribution in [0.1, 0.15) is 32.4 Å².